The number of carbonyl (C=O) groups is 2. The molecule has 1 N–H and O–H groups in total. The lowest BCUT2D eigenvalue weighted by Gasteiger charge is -2.30. The average Bonchev–Trinajstić information content (AvgIpc) is 2.18. The molecule has 5 heteroatoms. The molecule has 86 valence electrons. The Morgan fingerprint density at radius 2 is 1.93 bits per heavy atom. The van der Waals surface area contributed by atoms with Crippen LogP contribution in [0.3, 0.4) is 0 Å². The summed E-state index contributed by atoms with van der Waals surface area (Å²) in [4.78, 5) is 24.4. The summed E-state index contributed by atoms with van der Waals surface area (Å²) in [5.41, 5.74) is 0. The van der Waals surface area contributed by atoms with E-state index in [0.29, 0.717) is 5.92 Å². The van der Waals surface area contributed by atoms with Crippen molar-refractivity contribution in [2.24, 2.45) is 5.92 Å². The number of rotatable bonds is 1. The molecule has 1 rings (SSSR count). The van der Waals surface area contributed by atoms with Crippen molar-refractivity contribution in [3.05, 3.63) is 0 Å². The fourth-order valence-electron chi connectivity index (χ4n) is 1.50. The summed E-state index contributed by atoms with van der Waals surface area (Å²) in [6.45, 7) is 5.15. The topological polar surface area (TPSA) is 49.4 Å². The van der Waals surface area contributed by atoms with Gasteiger partial charge in [-0.25, -0.2) is 4.79 Å². The van der Waals surface area contributed by atoms with Crippen molar-refractivity contribution in [2.75, 3.05) is 13.1 Å². The van der Waals surface area contributed by atoms with Crippen LogP contribution in [-0.4, -0.2) is 35.3 Å². The number of halogens is 1. The van der Waals surface area contributed by atoms with Crippen LogP contribution in [0, 0.1) is 5.92 Å². The van der Waals surface area contributed by atoms with Gasteiger partial charge < -0.3 is 4.90 Å². The first-order chi connectivity index (χ1) is 7.00. The van der Waals surface area contributed by atoms with Crippen molar-refractivity contribution < 1.29 is 9.59 Å². The monoisotopic (exact) mass is 232 g/mol. The Morgan fingerprint density at radius 3 is 2.40 bits per heavy atom. The van der Waals surface area contributed by atoms with Crippen LogP contribution >= 0.6 is 11.6 Å². The van der Waals surface area contributed by atoms with Crippen molar-refractivity contribution in [2.45, 2.75) is 32.1 Å². The van der Waals surface area contributed by atoms with Gasteiger partial charge in [-0.2, -0.15) is 0 Å². The maximum Gasteiger partial charge on any atom is 0.324 e. The number of hydrogen-bond acceptors (Lipinski definition) is 2. The van der Waals surface area contributed by atoms with Crippen LogP contribution < -0.4 is 5.32 Å². The molecule has 1 atom stereocenters. The average molecular weight is 233 g/mol. The molecule has 0 spiro atoms. The number of carbonyl (C=O) groups excluding carboxylic acids is 2. The first-order valence-corrected chi connectivity index (χ1v) is 5.68. The molecule has 1 saturated heterocycles. The number of likely N-dealkylation sites (tertiary alicyclic amines) is 1. The van der Waals surface area contributed by atoms with Gasteiger partial charge in [-0.3, -0.25) is 10.1 Å². The predicted molar refractivity (Wildman–Crippen MR) is 58.8 cm³/mol. The molecule has 0 aromatic carbocycles. The van der Waals surface area contributed by atoms with Crippen LogP contribution in [0.25, 0.3) is 0 Å². The molecule has 1 heterocycles. The van der Waals surface area contributed by atoms with Crippen molar-refractivity contribution in [3.63, 3.8) is 0 Å². The lowest BCUT2D eigenvalue weighted by molar-refractivity contribution is -0.119. The number of urea groups is 1. The summed E-state index contributed by atoms with van der Waals surface area (Å²) in [5, 5.41) is 1.61. The van der Waals surface area contributed by atoms with Gasteiger partial charge in [0, 0.05) is 13.1 Å². The number of amides is 3. The van der Waals surface area contributed by atoms with Gasteiger partial charge in [-0.1, -0.05) is 6.92 Å². The van der Waals surface area contributed by atoms with E-state index < -0.39 is 11.3 Å². The van der Waals surface area contributed by atoms with E-state index >= 15 is 0 Å². The molecule has 0 saturated carbocycles. The summed E-state index contributed by atoms with van der Waals surface area (Å²) in [5.74, 6) is 0.233. The highest BCUT2D eigenvalue weighted by Gasteiger charge is 2.22. The predicted octanol–water partition coefficient (Wildman–Crippen LogP) is 1.58. The Hall–Kier alpha value is -0.770. The lowest BCUT2D eigenvalue weighted by Crippen LogP contribution is -2.47. The van der Waals surface area contributed by atoms with Crippen LogP contribution in [0.5, 0.6) is 0 Å². The van der Waals surface area contributed by atoms with Crippen LogP contribution in [0.4, 0.5) is 4.79 Å². The number of alkyl halides is 1. The third-order valence-corrected chi connectivity index (χ3v) is 2.86. The second-order valence-corrected chi connectivity index (χ2v) is 4.73. The van der Waals surface area contributed by atoms with Crippen molar-refractivity contribution >= 4 is 23.5 Å². The third-order valence-electron chi connectivity index (χ3n) is 2.66. The fraction of sp³-hybridized carbons (Fsp3) is 0.800. The molecule has 0 radical (unpaired) electrons. The Morgan fingerprint density at radius 1 is 1.40 bits per heavy atom. The number of nitrogens with zero attached hydrogens (tertiary/aromatic N) is 1. The van der Waals surface area contributed by atoms with Gasteiger partial charge in [0.1, 0.15) is 5.38 Å². The van der Waals surface area contributed by atoms with Crippen molar-refractivity contribution in [1.82, 2.24) is 10.2 Å². The van der Waals surface area contributed by atoms with E-state index in [1.165, 1.54) is 0 Å². The minimum absolute atomic E-state index is 0.320. The molecule has 3 amide bonds. The quantitative estimate of drug-likeness (QED) is 0.698. The maximum atomic E-state index is 11.6. The van der Waals surface area contributed by atoms with Gasteiger partial charge in [-0.05, 0) is 25.7 Å². The molecular weight excluding hydrogens is 216 g/mol. The Kier molecular flexibility index (Phi) is 4.39. The molecule has 1 aliphatic rings. The summed E-state index contributed by atoms with van der Waals surface area (Å²) in [6, 6.07) is -0.320. The maximum absolute atomic E-state index is 11.6. The molecule has 0 bridgehead atoms. The van der Waals surface area contributed by atoms with Crippen LogP contribution in [0.2, 0.25) is 0 Å². The summed E-state index contributed by atoms with van der Waals surface area (Å²) in [6.07, 6.45) is 2.00. The molecule has 0 aromatic rings. The molecule has 1 aliphatic heterocycles. The van der Waals surface area contributed by atoms with E-state index in [2.05, 4.69) is 12.2 Å². The first kappa shape index (κ1) is 12.3. The van der Waals surface area contributed by atoms with E-state index in [4.69, 9.17) is 11.6 Å². The smallest absolute Gasteiger partial charge is 0.324 e. The van der Waals surface area contributed by atoms with Gasteiger partial charge in [0.25, 0.3) is 0 Å². The van der Waals surface area contributed by atoms with E-state index in [-0.39, 0.29) is 6.03 Å². The Bertz CT molecular complexity index is 248. The Balaban J connectivity index is 2.37. The van der Waals surface area contributed by atoms with Gasteiger partial charge in [0.2, 0.25) is 5.91 Å². The zero-order valence-electron chi connectivity index (χ0n) is 9.12. The highest BCUT2D eigenvalue weighted by atomic mass is 35.5. The zero-order chi connectivity index (χ0) is 11.4. The first-order valence-electron chi connectivity index (χ1n) is 5.24. The number of hydrogen-bond donors (Lipinski definition) is 1. The Labute approximate surface area is 95.0 Å². The molecule has 0 aromatic heterocycles. The number of piperidine rings is 1. The molecule has 1 unspecified atom stereocenters. The zero-order valence-corrected chi connectivity index (χ0v) is 9.88. The number of nitrogens with one attached hydrogen (secondary N) is 1. The highest BCUT2D eigenvalue weighted by molar-refractivity contribution is 6.31. The second kappa shape index (κ2) is 5.35. The molecular formula is C10H17ClN2O2. The minimum Gasteiger partial charge on any atom is -0.324 e. The summed E-state index contributed by atoms with van der Waals surface area (Å²) in [7, 11) is 0. The molecule has 4 nitrogen and oxygen atoms in total. The highest BCUT2D eigenvalue weighted by Crippen LogP contribution is 2.15. The number of imide groups is 1. The van der Waals surface area contributed by atoms with Crippen LogP contribution in [0.15, 0.2) is 0 Å². The SMILES string of the molecule is CC1CCN(C(=O)NC(=O)C(C)Cl)CC1. The van der Waals surface area contributed by atoms with Gasteiger partial charge in [-0.15, -0.1) is 11.6 Å². The lowest BCUT2D eigenvalue weighted by atomic mass is 10.00. The fourth-order valence-corrected chi connectivity index (χ4v) is 1.55. The van der Waals surface area contributed by atoms with Gasteiger partial charge in [0.05, 0.1) is 0 Å². The standard InChI is InChI=1S/C10H17ClN2O2/c1-7-3-5-13(6-4-7)10(15)12-9(14)8(2)11/h7-8H,3-6H2,1-2H3,(H,12,14,15). The molecule has 0 aliphatic carbocycles. The summed E-state index contributed by atoms with van der Waals surface area (Å²) < 4.78 is 0. The van der Waals surface area contributed by atoms with E-state index in [1.807, 2.05) is 0 Å². The summed E-state index contributed by atoms with van der Waals surface area (Å²) >= 11 is 5.55. The van der Waals surface area contributed by atoms with E-state index in [1.54, 1.807) is 11.8 Å². The minimum atomic E-state index is -0.669. The second-order valence-electron chi connectivity index (χ2n) is 4.08. The molecule has 15 heavy (non-hydrogen) atoms. The van der Waals surface area contributed by atoms with E-state index in [0.717, 1.165) is 25.9 Å². The van der Waals surface area contributed by atoms with Gasteiger partial charge >= 0.3 is 6.03 Å². The van der Waals surface area contributed by atoms with Crippen LogP contribution in [0.1, 0.15) is 26.7 Å². The normalized spacial score (nSPS) is 19.8. The van der Waals surface area contributed by atoms with Crippen LogP contribution in [-0.2, 0) is 4.79 Å². The third kappa shape index (κ3) is 3.70. The molecule has 1 fully saturated rings. The van der Waals surface area contributed by atoms with E-state index in [9.17, 15) is 9.59 Å². The largest absolute Gasteiger partial charge is 0.324 e. The van der Waals surface area contributed by atoms with Gasteiger partial charge in [0.15, 0.2) is 0 Å². The van der Waals surface area contributed by atoms with Crippen molar-refractivity contribution in [1.29, 1.82) is 0 Å². The van der Waals surface area contributed by atoms with Crippen molar-refractivity contribution in [3.8, 4) is 0 Å².